The minimum absolute atomic E-state index is 0.349. The molecule has 0 fully saturated rings. The van der Waals surface area contributed by atoms with Gasteiger partial charge in [-0.25, -0.2) is 4.39 Å². The molecule has 0 bridgehead atoms. The number of rotatable bonds is 5. The molecule has 1 heterocycles. The maximum absolute atomic E-state index is 13.1. The lowest BCUT2D eigenvalue weighted by Gasteiger charge is -2.11. The molecule has 0 spiro atoms. The van der Waals surface area contributed by atoms with Crippen LogP contribution in [0.4, 0.5) is 4.39 Å². The number of aliphatic hydroxyl groups is 1. The Balaban J connectivity index is 1.93. The van der Waals surface area contributed by atoms with Crippen molar-refractivity contribution in [2.45, 2.75) is 12.6 Å². The Kier molecular flexibility index (Phi) is 4.63. The lowest BCUT2D eigenvalue weighted by atomic mass is 10.1. The van der Waals surface area contributed by atoms with Gasteiger partial charge in [0.1, 0.15) is 5.82 Å². The molecular formula is C14H13FN2OS. The van der Waals surface area contributed by atoms with Crippen LogP contribution < -0.4 is 5.32 Å². The average Bonchev–Trinajstić information content (AvgIpc) is 2.93. The van der Waals surface area contributed by atoms with E-state index in [1.54, 1.807) is 0 Å². The number of nitrogens with one attached hydrogen (secondary N) is 1. The van der Waals surface area contributed by atoms with Crippen molar-refractivity contribution in [1.82, 2.24) is 5.32 Å². The van der Waals surface area contributed by atoms with Crippen LogP contribution in [-0.2, 0) is 6.54 Å². The van der Waals surface area contributed by atoms with E-state index < -0.39 is 6.10 Å². The molecule has 3 nitrogen and oxygen atoms in total. The van der Waals surface area contributed by atoms with Crippen molar-refractivity contribution >= 4 is 11.3 Å². The van der Waals surface area contributed by atoms with Crippen molar-refractivity contribution in [3.05, 3.63) is 57.5 Å². The molecule has 1 aromatic carbocycles. The predicted molar refractivity (Wildman–Crippen MR) is 72.1 cm³/mol. The van der Waals surface area contributed by atoms with Gasteiger partial charge in [-0.2, -0.15) is 16.6 Å². The van der Waals surface area contributed by atoms with Gasteiger partial charge in [0, 0.05) is 13.1 Å². The van der Waals surface area contributed by atoms with Gasteiger partial charge in [-0.1, -0.05) is 0 Å². The van der Waals surface area contributed by atoms with Crippen molar-refractivity contribution < 1.29 is 9.50 Å². The number of benzene rings is 1. The Hall–Kier alpha value is -1.74. The van der Waals surface area contributed by atoms with Gasteiger partial charge in [-0.3, -0.25) is 0 Å². The van der Waals surface area contributed by atoms with Crippen LogP contribution in [-0.4, -0.2) is 11.7 Å². The largest absolute Gasteiger partial charge is 0.387 e. The first-order valence-electron chi connectivity index (χ1n) is 5.80. The Morgan fingerprint density at radius 2 is 2.26 bits per heavy atom. The van der Waals surface area contributed by atoms with E-state index in [2.05, 4.69) is 5.32 Å². The summed E-state index contributed by atoms with van der Waals surface area (Å²) in [7, 11) is 0. The van der Waals surface area contributed by atoms with Crippen LogP contribution in [0.5, 0.6) is 0 Å². The number of aliphatic hydroxyl groups excluding tert-OH is 1. The van der Waals surface area contributed by atoms with E-state index >= 15 is 0 Å². The van der Waals surface area contributed by atoms with Crippen LogP contribution in [0.25, 0.3) is 0 Å². The van der Waals surface area contributed by atoms with Crippen LogP contribution in [0, 0.1) is 17.1 Å². The second-order valence-corrected chi connectivity index (χ2v) is 4.90. The SMILES string of the molecule is N#Cc1ccc(F)cc1CNCC(O)c1ccsc1. The molecule has 2 N–H and O–H groups in total. The molecule has 5 heteroatoms. The molecule has 0 aliphatic carbocycles. The quantitative estimate of drug-likeness (QED) is 0.882. The minimum Gasteiger partial charge on any atom is -0.387 e. The Morgan fingerprint density at radius 3 is 2.95 bits per heavy atom. The molecule has 0 saturated carbocycles. The van der Waals surface area contributed by atoms with Crippen LogP contribution in [0.2, 0.25) is 0 Å². The van der Waals surface area contributed by atoms with Crippen molar-refractivity contribution in [3.63, 3.8) is 0 Å². The summed E-state index contributed by atoms with van der Waals surface area (Å²) >= 11 is 1.53. The van der Waals surface area contributed by atoms with Gasteiger partial charge in [-0.05, 0) is 46.2 Å². The van der Waals surface area contributed by atoms with Gasteiger partial charge in [0.15, 0.2) is 0 Å². The minimum atomic E-state index is -0.592. The number of halogens is 1. The third-order valence-electron chi connectivity index (χ3n) is 2.77. The fraction of sp³-hybridized carbons (Fsp3) is 0.214. The molecule has 98 valence electrons. The average molecular weight is 276 g/mol. The second kappa shape index (κ2) is 6.43. The van der Waals surface area contributed by atoms with Gasteiger partial charge < -0.3 is 10.4 Å². The molecule has 19 heavy (non-hydrogen) atoms. The summed E-state index contributed by atoms with van der Waals surface area (Å²) in [4.78, 5) is 0. The Bertz CT molecular complexity index is 578. The van der Waals surface area contributed by atoms with E-state index in [9.17, 15) is 9.50 Å². The zero-order valence-corrected chi connectivity index (χ0v) is 11.0. The summed E-state index contributed by atoms with van der Waals surface area (Å²) in [6.07, 6.45) is -0.592. The van der Waals surface area contributed by atoms with E-state index in [0.717, 1.165) is 5.56 Å². The summed E-state index contributed by atoms with van der Waals surface area (Å²) in [6.45, 7) is 0.708. The second-order valence-electron chi connectivity index (χ2n) is 4.12. The Morgan fingerprint density at radius 1 is 1.42 bits per heavy atom. The van der Waals surface area contributed by atoms with Crippen LogP contribution in [0.15, 0.2) is 35.0 Å². The fourth-order valence-corrected chi connectivity index (χ4v) is 2.45. The standard InChI is InChI=1S/C14H13FN2OS/c15-13-2-1-10(6-16)12(5-13)7-17-8-14(18)11-3-4-19-9-11/h1-5,9,14,17-18H,7-8H2. The van der Waals surface area contributed by atoms with Crippen LogP contribution >= 0.6 is 11.3 Å². The number of hydrogen-bond donors (Lipinski definition) is 2. The highest BCUT2D eigenvalue weighted by atomic mass is 32.1. The van der Waals surface area contributed by atoms with Gasteiger partial charge in [-0.15, -0.1) is 0 Å². The summed E-state index contributed by atoms with van der Waals surface area (Å²) in [5.41, 5.74) is 1.90. The van der Waals surface area contributed by atoms with E-state index in [-0.39, 0.29) is 5.82 Å². The highest BCUT2D eigenvalue weighted by Gasteiger charge is 2.08. The van der Waals surface area contributed by atoms with Crippen molar-refractivity contribution in [1.29, 1.82) is 5.26 Å². The summed E-state index contributed by atoms with van der Waals surface area (Å²) in [5, 5.41) is 25.6. The molecule has 0 aliphatic heterocycles. The molecule has 1 aromatic heterocycles. The lowest BCUT2D eigenvalue weighted by molar-refractivity contribution is 0.175. The molecule has 1 unspecified atom stereocenters. The number of hydrogen-bond acceptors (Lipinski definition) is 4. The van der Waals surface area contributed by atoms with E-state index in [1.165, 1.54) is 29.5 Å². The highest BCUT2D eigenvalue weighted by Crippen LogP contribution is 2.16. The number of nitriles is 1. The fourth-order valence-electron chi connectivity index (χ4n) is 1.74. The summed E-state index contributed by atoms with van der Waals surface area (Å²) < 4.78 is 13.1. The smallest absolute Gasteiger partial charge is 0.123 e. The predicted octanol–water partition coefficient (Wildman–Crippen LogP) is 2.58. The number of nitrogens with zero attached hydrogens (tertiary/aromatic N) is 1. The van der Waals surface area contributed by atoms with Crippen molar-refractivity contribution in [2.24, 2.45) is 0 Å². The molecule has 0 aliphatic rings. The molecule has 0 saturated heterocycles. The van der Waals surface area contributed by atoms with Crippen molar-refractivity contribution in [3.8, 4) is 6.07 Å². The third-order valence-corrected chi connectivity index (χ3v) is 3.47. The van der Waals surface area contributed by atoms with Gasteiger partial charge >= 0.3 is 0 Å². The van der Waals surface area contributed by atoms with E-state index in [1.807, 2.05) is 22.9 Å². The first-order valence-corrected chi connectivity index (χ1v) is 6.74. The zero-order valence-electron chi connectivity index (χ0n) is 10.1. The lowest BCUT2D eigenvalue weighted by Crippen LogP contribution is -2.21. The molecule has 0 radical (unpaired) electrons. The summed E-state index contributed by atoms with van der Waals surface area (Å²) in [5.74, 6) is -0.366. The van der Waals surface area contributed by atoms with E-state index in [0.29, 0.717) is 24.2 Å². The third kappa shape index (κ3) is 3.61. The molecule has 1 atom stereocenters. The monoisotopic (exact) mass is 276 g/mol. The molecule has 2 aromatic rings. The van der Waals surface area contributed by atoms with Gasteiger partial charge in [0.05, 0.1) is 17.7 Å². The van der Waals surface area contributed by atoms with Gasteiger partial charge in [0.25, 0.3) is 0 Å². The first-order chi connectivity index (χ1) is 9.20. The topological polar surface area (TPSA) is 56.0 Å². The maximum Gasteiger partial charge on any atom is 0.123 e. The maximum atomic E-state index is 13.1. The normalized spacial score (nSPS) is 12.1. The van der Waals surface area contributed by atoms with Crippen LogP contribution in [0.1, 0.15) is 22.8 Å². The van der Waals surface area contributed by atoms with E-state index in [4.69, 9.17) is 5.26 Å². The zero-order chi connectivity index (χ0) is 13.7. The van der Waals surface area contributed by atoms with Crippen LogP contribution in [0.3, 0.4) is 0 Å². The first kappa shape index (κ1) is 13.7. The Labute approximate surface area is 114 Å². The summed E-state index contributed by atoms with van der Waals surface area (Å²) in [6, 6.07) is 7.94. The van der Waals surface area contributed by atoms with Crippen molar-refractivity contribution in [2.75, 3.05) is 6.54 Å². The molecule has 0 amide bonds. The number of thiophene rings is 1. The molecular weight excluding hydrogens is 263 g/mol. The van der Waals surface area contributed by atoms with Gasteiger partial charge in [0.2, 0.25) is 0 Å². The highest BCUT2D eigenvalue weighted by molar-refractivity contribution is 7.07. The molecule has 2 rings (SSSR count).